The molecule has 0 heterocycles. The van der Waals surface area contributed by atoms with Crippen molar-refractivity contribution in [2.24, 2.45) is 5.41 Å². The first-order chi connectivity index (χ1) is 30.0. The molecule has 0 amide bonds. The van der Waals surface area contributed by atoms with Crippen molar-refractivity contribution in [3.8, 4) is 0 Å². The van der Waals surface area contributed by atoms with Crippen molar-refractivity contribution in [3.05, 3.63) is 0 Å². The zero-order chi connectivity index (χ0) is 58.7. The Kier molecular flexibility index (Phi) is 17.3. The van der Waals surface area contributed by atoms with Gasteiger partial charge in [-0.15, -0.1) is 0 Å². The van der Waals surface area contributed by atoms with E-state index in [2.05, 4.69) is 0 Å². The Hall–Kier alpha value is -2.32. The van der Waals surface area contributed by atoms with E-state index >= 15 is 0 Å². The van der Waals surface area contributed by atoms with Crippen LogP contribution in [0.25, 0.3) is 0 Å². The Labute approximate surface area is 366 Å². The van der Waals surface area contributed by atoms with Crippen LogP contribution in [0.2, 0.25) is 0 Å². The highest BCUT2D eigenvalue weighted by atomic mass is 32.2. The SMILES string of the molecule is OCC(CO)(CSC(F)(F)C(F)(F)C(F)(F)C(F)(F)C(F)(F)C(F)(F)C(F)(F)C(F)(F)C(F)(F)C(F)(F)F)CSC(F)(F)C(F)(F)C(F)(F)C(F)(F)C(F)(F)C(F)(F)C(F)(F)C(F)(F)C(F)(F)C(F)(F)F. The summed E-state index contributed by atoms with van der Waals surface area (Å²) in [6, 6.07) is 0. The number of halogens is 42. The zero-order valence-corrected chi connectivity index (χ0v) is 32.5. The minimum atomic E-state index is -9.75. The fourth-order valence-corrected chi connectivity index (χ4v) is 6.32. The van der Waals surface area contributed by atoms with E-state index in [0.717, 1.165) is 0 Å². The smallest absolute Gasteiger partial charge is 0.396 e. The Morgan fingerprint density at radius 3 is 0.451 bits per heavy atom. The van der Waals surface area contributed by atoms with Gasteiger partial charge in [0.05, 0.1) is 13.2 Å². The lowest BCUT2D eigenvalue weighted by Crippen LogP contribution is -2.76. The molecule has 0 aromatic rings. The van der Waals surface area contributed by atoms with Crippen LogP contribution in [0.3, 0.4) is 0 Å². The molecule has 0 aliphatic carbocycles. The molecule has 0 aromatic carbocycles. The Balaban J connectivity index is 7.26. The highest BCUT2D eigenvalue weighted by Gasteiger charge is 3.00. The van der Waals surface area contributed by atoms with Crippen LogP contribution < -0.4 is 0 Å². The van der Waals surface area contributed by atoms with Gasteiger partial charge in [-0.2, -0.15) is 184 Å². The number of hydrogen-bond donors (Lipinski definition) is 2. The van der Waals surface area contributed by atoms with E-state index in [4.69, 9.17) is 0 Å². The molecule has 0 bridgehead atoms. The third-order valence-electron chi connectivity index (χ3n) is 8.75. The van der Waals surface area contributed by atoms with E-state index < -0.39 is 171 Å². The molecule has 428 valence electrons. The molecule has 0 rings (SSSR count). The van der Waals surface area contributed by atoms with Crippen molar-refractivity contribution in [1.29, 1.82) is 0 Å². The van der Waals surface area contributed by atoms with Gasteiger partial charge < -0.3 is 10.2 Å². The third-order valence-corrected chi connectivity index (χ3v) is 11.5. The lowest BCUT2D eigenvalue weighted by molar-refractivity contribution is -0.472. The average molecular weight is 1200 g/mol. The molecule has 46 heteroatoms. The summed E-state index contributed by atoms with van der Waals surface area (Å²) < 4.78 is 571. The van der Waals surface area contributed by atoms with Gasteiger partial charge in [0.15, 0.2) is 0 Å². The number of hydrogen-bond acceptors (Lipinski definition) is 4. The standard InChI is InChI=1S/C25H10F42O2S2/c26-6(27,10(34,35)14(42,43)18(50,51)22(58,59)60)8(30,31)12(38,39)16(46,47)20(54,55)24(64,65)70-3-5(1-68,2-69)4-71-25(66,67)21(56,57)17(48,49)13(40,41)9(32,33)7(28,29)11(36,37)15(44,45)19(52,53)23(61,62)63/h68-69H,1-4H2. The van der Waals surface area contributed by atoms with Gasteiger partial charge in [-0.3, -0.25) is 0 Å². The van der Waals surface area contributed by atoms with Crippen LogP contribution in [0.4, 0.5) is 184 Å². The molecule has 0 fully saturated rings. The number of aliphatic hydroxyl groups excluding tert-OH is 2. The molecule has 0 aliphatic heterocycles. The van der Waals surface area contributed by atoms with E-state index in [1.54, 1.807) is 0 Å². The first-order valence-corrected chi connectivity index (χ1v) is 17.4. The van der Waals surface area contributed by atoms with Crippen LogP contribution >= 0.6 is 23.5 Å². The maximum atomic E-state index is 14.4. The molecular formula is C25H10F42O2S2. The molecule has 71 heavy (non-hydrogen) atoms. The molecule has 0 aliphatic rings. The summed E-state index contributed by atoms with van der Waals surface area (Å²) in [7, 11) is 0. The first kappa shape index (κ1) is 68.7. The van der Waals surface area contributed by atoms with E-state index in [9.17, 15) is 195 Å². The summed E-state index contributed by atoms with van der Waals surface area (Å²) in [5.74, 6) is -157. The van der Waals surface area contributed by atoms with Crippen LogP contribution in [0.5, 0.6) is 0 Å². The molecule has 0 saturated heterocycles. The summed E-state index contributed by atoms with van der Waals surface area (Å²) in [6.45, 7) is -5.81. The third kappa shape index (κ3) is 9.04. The number of alkyl halides is 42. The van der Waals surface area contributed by atoms with Crippen molar-refractivity contribution in [2.45, 2.75) is 118 Å². The maximum absolute atomic E-state index is 14.4. The van der Waals surface area contributed by atoms with Gasteiger partial charge >= 0.3 is 118 Å². The van der Waals surface area contributed by atoms with Crippen LogP contribution in [0, 0.1) is 5.41 Å². The maximum Gasteiger partial charge on any atom is 0.460 e. The fourth-order valence-electron chi connectivity index (χ4n) is 4.03. The van der Waals surface area contributed by atoms with Crippen molar-refractivity contribution in [2.75, 3.05) is 24.7 Å². The van der Waals surface area contributed by atoms with Gasteiger partial charge in [-0.1, -0.05) is 23.5 Å². The second kappa shape index (κ2) is 17.9. The molecule has 2 N–H and O–H groups in total. The lowest BCUT2D eigenvalue weighted by atomic mass is 9.87. The average Bonchev–Trinajstić information content (AvgIpc) is 3.15. The summed E-state index contributed by atoms with van der Waals surface area (Å²) in [6.07, 6.45) is -16.7. The van der Waals surface area contributed by atoms with Gasteiger partial charge in [0.25, 0.3) is 0 Å². The summed E-state index contributed by atoms with van der Waals surface area (Å²) in [5, 5.41) is 2.62. The van der Waals surface area contributed by atoms with Gasteiger partial charge in [0.1, 0.15) is 0 Å². The molecule has 2 nitrogen and oxygen atoms in total. The molecule has 0 aromatic heterocycles. The number of thioether (sulfide) groups is 2. The highest BCUT2D eigenvalue weighted by Crippen LogP contribution is 2.69. The largest absolute Gasteiger partial charge is 0.460 e. The molecule has 0 saturated carbocycles. The van der Waals surface area contributed by atoms with Gasteiger partial charge in [-0.25, -0.2) is 0 Å². The van der Waals surface area contributed by atoms with E-state index in [-0.39, 0.29) is 0 Å². The molecule has 0 unspecified atom stereocenters. The van der Waals surface area contributed by atoms with Crippen molar-refractivity contribution < 1.29 is 195 Å². The Morgan fingerprint density at radius 1 is 0.197 bits per heavy atom. The van der Waals surface area contributed by atoms with E-state index in [1.807, 2.05) is 0 Å². The van der Waals surface area contributed by atoms with Gasteiger partial charge in [0, 0.05) is 16.9 Å². The lowest BCUT2D eigenvalue weighted by Gasteiger charge is -2.45. The van der Waals surface area contributed by atoms with E-state index in [1.165, 1.54) is 0 Å². The predicted molar refractivity (Wildman–Crippen MR) is 143 cm³/mol. The number of rotatable bonds is 24. The van der Waals surface area contributed by atoms with Crippen molar-refractivity contribution >= 4 is 23.5 Å². The molecule has 0 spiro atoms. The zero-order valence-electron chi connectivity index (χ0n) is 30.9. The van der Waals surface area contributed by atoms with Crippen LogP contribution in [0.1, 0.15) is 0 Å². The predicted octanol–water partition coefficient (Wildman–Crippen LogP) is 13.9. The molecular weight excluding hydrogens is 1190 g/mol. The summed E-state index contributed by atoms with van der Waals surface area (Å²) >= 11 is -5.99. The second-order valence-corrected chi connectivity index (χ2v) is 15.8. The molecule has 0 radical (unpaired) electrons. The monoisotopic (exact) mass is 1200 g/mol. The van der Waals surface area contributed by atoms with Crippen LogP contribution in [0.15, 0.2) is 0 Å². The normalized spacial score (nSPS) is 17.1. The second-order valence-electron chi connectivity index (χ2n) is 13.6. The van der Waals surface area contributed by atoms with E-state index in [0.29, 0.717) is 0 Å². The van der Waals surface area contributed by atoms with Gasteiger partial charge in [0.2, 0.25) is 0 Å². The first-order valence-electron chi connectivity index (χ1n) is 15.5. The van der Waals surface area contributed by atoms with Crippen molar-refractivity contribution in [3.63, 3.8) is 0 Å². The van der Waals surface area contributed by atoms with Crippen LogP contribution in [-0.4, -0.2) is 153 Å². The fraction of sp³-hybridized carbons (Fsp3) is 1.00. The van der Waals surface area contributed by atoms with Crippen LogP contribution in [-0.2, 0) is 0 Å². The summed E-state index contributed by atoms with van der Waals surface area (Å²) in [4.78, 5) is 0. The van der Waals surface area contributed by atoms with Gasteiger partial charge in [-0.05, 0) is 0 Å². The molecule has 0 atom stereocenters. The highest BCUT2D eigenvalue weighted by molar-refractivity contribution is 8.01. The quantitative estimate of drug-likeness (QED) is 0.0945. The Morgan fingerprint density at radius 2 is 0.324 bits per heavy atom. The Bertz CT molecular complexity index is 1720. The van der Waals surface area contributed by atoms with Crippen molar-refractivity contribution in [1.82, 2.24) is 0 Å². The summed E-state index contributed by atoms with van der Waals surface area (Å²) in [5.41, 5.74) is -4.37. The minimum absolute atomic E-state index is 2.90. The topological polar surface area (TPSA) is 40.5 Å². The number of aliphatic hydroxyl groups is 2. The minimum Gasteiger partial charge on any atom is -0.396 e.